The largest absolute Gasteiger partial charge is 0.383 e. The summed E-state index contributed by atoms with van der Waals surface area (Å²) >= 11 is 0. The van der Waals surface area contributed by atoms with Crippen LogP contribution in [0.1, 0.15) is 58.4 Å². The molecule has 0 aliphatic carbocycles. The van der Waals surface area contributed by atoms with Crippen LogP contribution >= 0.6 is 0 Å². The van der Waals surface area contributed by atoms with Crippen LogP contribution in [0.4, 0.5) is 11.6 Å². The van der Waals surface area contributed by atoms with E-state index in [1.165, 1.54) is 25.7 Å². The lowest BCUT2D eigenvalue weighted by atomic mass is 10.1. The maximum Gasteiger partial charge on any atom is 0.137 e. The summed E-state index contributed by atoms with van der Waals surface area (Å²) in [6, 6.07) is 0. The van der Waals surface area contributed by atoms with Gasteiger partial charge in [0.1, 0.15) is 18.0 Å². The van der Waals surface area contributed by atoms with Crippen molar-refractivity contribution in [1.29, 1.82) is 0 Å². The van der Waals surface area contributed by atoms with Crippen molar-refractivity contribution in [1.82, 2.24) is 9.97 Å². The lowest BCUT2D eigenvalue weighted by Crippen LogP contribution is -2.28. The predicted molar refractivity (Wildman–Crippen MR) is 82.5 cm³/mol. The molecule has 2 N–H and O–H groups in total. The van der Waals surface area contributed by atoms with Gasteiger partial charge in [-0.2, -0.15) is 0 Å². The van der Waals surface area contributed by atoms with Gasteiger partial charge in [0, 0.05) is 18.7 Å². The maximum absolute atomic E-state index is 6.02. The molecule has 4 heteroatoms. The molecule has 1 heterocycles. The highest BCUT2D eigenvalue weighted by atomic mass is 15.2. The molecule has 19 heavy (non-hydrogen) atoms. The van der Waals surface area contributed by atoms with Crippen molar-refractivity contribution in [3.05, 3.63) is 11.9 Å². The van der Waals surface area contributed by atoms with E-state index in [9.17, 15) is 0 Å². The zero-order valence-corrected chi connectivity index (χ0v) is 12.7. The average molecular weight is 264 g/mol. The van der Waals surface area contributed by atoms with E-state index in [4.69, 9.17) is 5.73 Å². The highest BCUT2D eigenvalue weighted by Crippen LogP contribution is 2.23. The number of rotatable bonds is 9. The van der Waals surface area contributed by atoms with Gasteiger partial charge in [-0.05, 0) is 19.3 Å². The van der Waals surface area contributed by atoms with E-state index in [1.54, 1.807) is 6.33 Å². The van der Waals surface area contributed by atoms with E-state index in [1.807, 2.05) is 0 Å². The molecule has 0 aliphatic heterocycles. The summed E-state index contributed by atoms with van der Waals surface area (Å²) in [5.41, 5.74) is 7.15. The van der Waals surface area contributed by atoms with Crippen molar-refractivity contribution in [2.24, 2.45) is 0 Å². The number of aromatic nitrogens is 2. The van der Waals surface area contributed by atoms with Crippen LogP contribution in [0.15, 0.2) is 6.33 Å². The Kier molecular flexibility index (Phi) is 7.23. The van der Waals surface area contributed by atoms with Crippen molar-refractivity contribution in [2.75, 3.05) is 23.7 Å². The number of unbranched alkanes of at least 4 members (excludes halogenated alkanes) is 2. The third kappa shape index (κ3) is 4.69. The molecule has 0 bridgehead atoms. The molecule has 0 saturated carbocycles. The SMILES string of the molecule is CCCCN(CCCC)c1ncnc(N)c1CCC. The first-order valence-electron chi connectivity index (χ1n) is 7.58. The minimum atomic E-state index is 0.643. The van der Waals surface area contributed by atoms with Gasteiger partial charge < -0.3 is 10.6 Å². The highest BCUT2D eigenvalue weighted by Gasteiger charge is 2.14. The zero-order chi connectivity index (χ0) is 14.1. The zero-order valence-electron chi connectivity index (χ0n) is 12.7. The topological polar surface area (TPSA) is 55.0 Å². The minimum Gasteiger partial charge on any atom is -0.383 e. The second kappa shape index (κ2) is 8.73. The van der Waals surface area contributed by atoms with E-state index < -0.39 is 0 Å². The van der Waals surface area contributed by atoms with Crippen LogP contribution in [0.3, 0.4) is 0 Å². The molecule has 0 amide bonds. The van der Waals surface area contributed by atoms with Crippen molar-refractivity contribution in [3.8, 4) is 0 Å². The first-order chi connectivity index (χ1) is 9.24. The fourth-order valence-corrected chi connectivity index (χ4v) is 2.20. The molecule has 0 unspecified atom stereocenters. The molecule has 0 saturated heterocycles. The summed E-state index contributed by atoms with van der Waals surface area (Å²) in [6.45, 7) is 8.73. The molecule has 0 radical (unpaired) electrons. The van der Waals surface area contributed by atoms with Gasteiger partial charge in [0.05, 0.1) is 0 Å². The minimum absolute atomic E-state index is 0.643. The number of nitrogen functional groups attached to an aromatic ring is 1. The third-order valence-electron chi connectivity index (χ3n) is 3.32. The Bertz CT molecular complexity index is 357. The van der Waals surface area contributed by atoms with Gasteiger partial charge >= 0.3 is 0 Å². The summed E-state index contributed by atoms with van der Waals surface area (Å²) in [5.74, 6) is 1.70. The third-order valence-corrected chi connectivity index (χ3v) is 3.32. The monoisotopic (exact) mass is 264 g/mol. The van der Waals surface area contributed by atoms with Gasteiger partial charge in [-0.3, -0.25) is 0 Å². The lowest BCUT2D eigenvalue weighted by molar-refractivity contribution is 0.666. The van der Waals surface area contributed by atoms with E-state index in [0.29, 0.717) is 5.82 Å². The molecule has 0 atom stereocenters. The second-order valence-corrected chi connectivity index (χ2v) is 5.01. The molecule has 1 aromatic heterocycles. The van der Waals surface area contributed by atoms with Gasteiger partial charge in [-0.1, -0.05) is 40.0 Å². The fourth-order valence-electron chi connectivity index (χ4n) is 2.20. The van der Waals surface area contributed by atoms with Crippen molar-refractivity contribution >= 4 is 11.6 Å². The van der Waals surface area contributed by atoms with Crippen molar-refractivity contribution in [3.63, 3.8) is 0 Å². The van der Waals surface area contributed by atoms with E-state index in [0.717, 1.165) is 37.3 Å². The molecule has 0 aromatic carbocycles. The van der Waals surface area contributed by atoms with Crippen molar-refractivity contribution in [2.45, 2.75) is 59.3 Å². The average Bonchev–Trinajstić information content (AvgIpc) is 2.42. The van der Waals surface area contributed by atoms with Crippen LogP contribution in [-0.2, 0) is 6.42 Å². The Labute approximate surface area is 117 Å². The Morgan fingerprint density at radius 1 is 1.00 bits per heavy atom. The molecule has 0 fully saturated rings. The lowest BCUT2D eigenvalue weighted by Gasteiger charge is -2.26. The first-order valence-corrected chi connectivity index (χ1v) is 7.58. The normalized spacial score (nSPS) is 10.7. The maximum atomic E-state index is 6.02. The van der Waals surface area contributed by atoms with Crippen LogP contribution in [0.25, 0.3) is 0 Å². The van der Waals surface area contributed by atoms with Crippen LogP contribution < -0.4 is 10.6 Å². The molecular formula is C15H28N4. The predicted octanol–water partition coefficient (Wildman–Crippen LogP) is 3.42. The summed E-state index contributed by atoms with van der Waals surface area (Å²) in [5, 5.41) is 0. The Hall–Kier alpha value is -1.32. The number of nitrogens with two attached hydrogens (primary N) is 1. The summed E-state index contributed by atoms with van der Waals surface area (Å²) < 4.78 is 0. The number of nitrogens with zero attached hydrogens (tertiary/aromatic N) is 3. The fraction of sp³-hybridized carbons (Fsp3) is 0.733. The Balaban J connectivity index is 2.95. The summed E-state index contributed by atoms with van der Waals surface area (Å²) in [4.78, 5) is 11.0. The molecule has 0 aliphatic rings. The molecule has 4 nitrogen and oxygen atoms in total. The van der Waals surface area contributed by atoms with Gasteiger partial charge in [0.15, 0.2) is 0 Å². The van der Waals surface area contributed by atoms with Gasteiger partial charge in [-0.25, -0.2) is 9.97 Å². The molecular weight excluding hydrogens is 236 g/mol. The second-order valence-electron chi connectivity index (χ2n) is 5.01. The molecule has 108 valence electrons. The van der Waals surface area contributed by atoms with Crippen LogP contribution in [0.2, 0.25) is 0 Å². The highest BCUT2D eigenvalue weighted by molar-refractivity contribution is 5.56. The molecule has 1 aromatic rings. The van der Waals surface area contributed by atoms with Crippen LogP contribution in [0.5, 0.6) is 0 Å². The van der Waals surface area contributed by atoms with Crippen LogP contribution in [0, 0.1) is 0 Å². The Morgan fingerprint density at radius 3 is 2.16 bits per heavy atom. The Morgan fingerprint density at radius 2 is 1.63 bits per heavy atom. The number of hydrogen-bond acceptors (Lipinski definition) is 4. The summed E-state index contributed by atoms with van der Waals surface area (Å²) in [7, 11) is 0. The molecule has 1 rings (SSSR count). The van der Waals surface area contributed by atoms with E-state index >= 15 is 0 Å². The smallest absolute Gasteiger partial charge is 0.137 e. The summed E-state index contributed by atoms with van der Waals surface area (Å²) in [6.07, 6.45) is 8.41. The van der Waals surface area contributed by atoms with E-state index in [2.05, 4.69) is 35.6 Å². The number of hydrogen-bond donors (Lipinski definition) is 1. The van der Waals surface area contributed by atoms with Crippen molar-refractivity contribution < 1.29 is 0 Å². The first kappa shape index (κ1) is 15.7. The number of anilines is 2. The van der Waals surface area contributed by atoms with Gasteiger partial charge in [0.2, 0.25) is 0 Å². The van der Waals surface area contributed by atoms with E-state index in [-0.39, 0.29) is 0 Å². The molecule has 0 spiro atoms. The van der Waals surface area contributed by atoms with Gasteiger partial charge in [-0.15, -0.1) is 0 Å². The quantitative estimate of drug-likeness (QED) is 0.742. The van der Waals surface area contributed by atoms with Gasteiger partial charge in [0.25, 0.3) is 0 Å². The standard InChI is InChI=1S/C15H28N4/c1-4-7-10-19(11-8-5-2)15-13(9-6-3)14(16)17-12-18-15/h12H,4-11H2,1-3H3,(H2,16,17,18). The van der Waals surface area contributed by atoms with Crippen LogP contribution in [-0.4, -0.2) is 23.1 Å².